The molecule has 8 nitrogen and oxygen atoms in total. The van der Waals surface area contributed by atoms with E-state index in [9.17, 15) is 0 Å². The Hall–Kier alpha value is -2.81. The number of hydrogen-bond donors (Lipinski definition) is 2. The molecule has 2 N–H and O–H groups in total. The monoisotopic (exact) mass is 368 g/mol. The molecule has 1 fully saturated rings. The predicted octanol–water partition coefficient (Wildman–Crippen LogP) is 1.09. The number of pyridine rings is 1. The molecule has 1 saturated heterocycles. The fraction of sp³-hybridized carbons (Fsp3) is 0.353. The van der Waals surface area contributed by atoms with Crippen LogP contribution in [0.5, 0.6) is 0 Å². The lowest BCUT2D eigenvalue weighted by molar-refractivity contribution is 0.379. The maximum atomic E-state index is 5.52. The molecule has 0 aromatic carbocycles. The quantitative estimate of drug-likeness (QED) is 0.602. The zero-order valence-corrected chi connectivity index (χ0v) is 15.1. The Balaban J connectivity index is 1.35. The first kappa shape index (κ1) is 16.6. The van der Waals surface area contributed by atoms with Gasteiger partial charge in [-0.2, -0.15) is 5.10 Å². The first-order chi connectivity index (χ1) is 12.8. The molecule has 0 aliphatic carbocycles. The number of rotatable bonds is 2. The molecule has 134 valence electrons. The topological polar surface area (TPSA) is 81.6 Å². The van der Waals surface area contributed by atoms with E-state index in [4.69, 9.17) is 12.2 Å². The molecule has 9 heteroatoms. The van der Waals surface area contributed by atoms with Crippen LogP contribution in [-0.4, -0.2) is 63.4 Å². The third-order valence-electron chi connectivity index (χ3n) is 4.49. The summed E-state index contributed by atoms with van der Waals surface area (Å²) in [6.07, 6.45) is 7.80. The average Bonchev–Trinajstić information content (AvgIpc) is 2.73. The van der Waals surface area contributed by atoms with Crippen molar-refractivity contribution in [3.8, 4) is 0 Å². The number of nitrogens with zero attached hydrogens (tertiary/aromatic N) is 6. The highest BCUT2D eigenvalue weighted by molar-refractivity contribution is 7.80. The van der Waals surface area contributed by atoms with Gasteiger partial charge >= 0.3 is 0 Å². The molecular weight excluding hydrogens is 348 g/mol. The summed E-state index contributed by atoms with van der Waals surface area (Å²) in [5.74, 6) is 0.906. The Labute approximate surface area is 157 Å². The lowest BCUT2D eigenvalue weighted by Crippen LogP contribution is -2.51. The van der Waals surface area contributed by atoms with Gasteiger partial charge in [0, 0.05) is 57.7 Å². The van der Waals surface area contributed by atoms with E-state index in [0.29, 0.717) is 5.11 Å². The summed E-state index contributed by atoms with van der Waals surface area (Å²) in [5, 5.41) is 8.50. The fourth-order valence-corrected chi connectivity index (χ4v) is 3.33. The third-order valence-corrected chi connectivity index (χ3v) is 4.83. The second-order valence-electron chi connectivity index (χ2n) is 6.09. The molecule has 26 heavy (non-hydrogen) atoms. The molecule has 0 atom stereocenters. The van der Waals surface area contributed by atoms with Crippen LogP contribution < -0.4 is 15.6 Å². The normalized spacial score (nSPS) is 18.2. The minimum absolute atomic E-state index is 0.646. The summed E-state index contributed by atoms with van der Waals surface area (Å²) in [4.78, 5) is 17.3. The number of piperazine rings is 1. The predicted molar refractivity (Wildman–Crippen MR) is 105 cm³/mol. The standard InChI is InChI=1S/C17H20N8S/c26-17(23-22-14-3-5-19-13-2-1-4-21-16(13)14)25-10-8-24(9-11-25)15-12-18-6-7-20-15/h1-2,4,6-7,12,19H,3,5,8-11H2,(H,23,26)/b22-14-. The van der Waals surface area contributed by atoms with Gasteiger partial charge in [0.15, 0.2) is 5.11 Å². The largest absolute Gasteiger partial charge is 0.383 e. The Morgan fingerprint density at radius 1 is 1.15 bits per heavy atom. The second kappa shape index (κ2) is 7.61. The smallest absolute Gasteiger partial charge is 0.189 e. The number of nitrogens with one attached hydrogen (secondary N) is 2. The number of anilines is 2. The van der Waals surface area contributed by atoms with Gasteiger partial charge in [0.1, 0.15) is 11.5 Å². The Morgan fingerprint density at radius 2 is 2.04 bits per heavy atom. The van der Waals surface area contributed by atoms with Gasteiger partial charge in [-0.3, -0.25) is 15.4 Å². The van der Waals surface area contributed by atoms with Gasteiger partial charge < -0.3 is 15.1 Å². The van der Waals surface area contributed by atoms with Crippen LogP contribution in [0.15, 0.2) is 42.0 Å². The SMILES string of the molecule is S=C(N/N=C1/CCNc2cccnc21)N1CCN(c2cnccn2)CC1. The van der Waals surface area contributed by atoms with Crippen molar-refractivity contribution < 1.29 is 0 Å². The zero-order valence-electron chi connectivity index (χ0n) is 14.3. The molecule has 0 saturated carbocycles. The Kier molecular flexibility index (Phi) is 4.87. The highest BCUT2D eigenvalue weighted by Gasteiger charge is 2.21. The highest BCUT2D eigenvalue weighted by atomic mass is 32.1. The van der Waals surface area contributed by atoms with Crippen molar-refractivity contribution in [2.45, 2.75) is 6.42 Å². The lowest BCUT2D eigenvalue weighted by Gasteiger charge is -2.36. The lowest BCUT2D eigenvalue weighted by atomic mass is 10.1. The van der Waals surface area contributed by atoms with Crippen LogP contribution >= 0.6 is 12.2 Å². The summed E-state index contributed by atoms with van der Waals surface area (Å²) >= 11 is 5.52. The molecular formula is C17H20N8S. The van der Waals surface area contributed by atoms with Crippen LogP contribution in [0.2, 0.25) is 0 Å². The molecule has 2 aromatic rings. The minimum Gasteiger partial charge on any atom is -0.383 e. The number of thiocarbonyl (C=S) groups is 1. The van der Waals surface area contributed by atoms with Crippen LogP contribution in [0.25, 0.3) is 0 Å². The van der Waals surface area contributed by atoms with Gasteiger partial charge in [-0.1, -0.05) is 0 Å². The molecule has 4 heterocycles. The first-order valence-corrected chi connectivity index (χ1v) is 9.04. The molecule has 2 aliphatic heterocycles. The summed E-state index contributed by atoms with van der Waals surface area (Å²) in [6.45, 7) is 4.20. The van der Waals surface area contributed by atoms with Gasteiger partial charge in [-0.15, -0.1) is 0 Å². The molecule has 0 radical (unpaired) electrons. The Bertz CT molecular complexity index is 801. The molecule has 0 amide bonds. The van der Waals surface area contributed by atoms with E-state index in [2.05, 4.69) is 40.6 Å². The van der Waals surface area contributed by atoms with E-state index >= 15 is 0 Å². The van der Waals surface area contributed by atoms with E-state index in [1.807, 2.05) is 12.1 Å². The van der Waals surface area contributed by atoms with Crippen LogP contribution in [0.1, 0.15) is 12.1 Å². The van der Waals surface area contributed by atoms with E-state index in [1.54, 1.807) is 24.8 Å². The summed E-state index contributed by atoms with van der Waals surface area (Å²) in [7, 11) is 0. The number of aromatic nitrogens is 3. The molecule has 2 aromatic heterocycles. The second-order valence-corrected chi connectivity index (χ2v) is 6.48. The van der Waals surface area contributed by atoms with Crippen molar-refractivity contribution in [2.75, 3.05) is 42.9 Å². The minimum atomic E-state index is 0.646. The fourth-order valence-electron chi connectivity index (χ4n) is 3.10. The average molecular weight is 368 g/mol. The molecule has 0 bridgehead atoms. The van der Waals surface area contributed by atoms with Crippen LogP contribution in [0, 0.1) is 0 Å². The van der Waals surface area contributed by atoms with Crippen molar-refractivity contribution in [1.29, 1.82) is 0 Å². The number of hydrazone groups is 1. The zero-order chi connectivity index (χ0) is 17.8. The van der Waals surface area contributed by atoms with Gasteiger partial charge in [-0.25, -0.2) is 4.98 Å². The van der Waals surface area contributed by atoms with E-state index in [0.717, 1.165) is 62.1 Å². The third kappa shape index (κ3) is 3.57. The summed E-state index contributed by atoms with van der Waals surface area (Å²) in [6, 6.07) is 3.93. The van der Waals surface area contributed by atoms with E-state index in [-0.39, 0.29) is 0 Å². The van der Waals surface area contributed by atoms with Gasteiger partial charge in [0.25, 0.3) is 0 Å². The van der Waals surface area contributed by atoms with Crippen LogP contribution in [-0.2, 0) is 0 Å². The molecule has 0 unspecified atom stereocenters. The van der Waals surface area contributed by atoms with E-state index < -0.39 is 0 Å². The van der Waals surface area contributed by atoms with Crippen molar-refractivity contribution in [3.63, 3.8) is 0 Å². The maximum Gasteiger partial charge on any atom is 0.189 e. The summed E-state index contributed by atoms with van der Waals surface area (Å²) in [5.41, 5.74) is 5.89. The van der Waals surface area contributed by atoms with Gasteiger partial charge in [0.2, 0.25) is 0 Å². The Morgan fingerprint density at radius 3 is 2.85 bits per heavy atom. The number of hydrogen-bond acceptors (Lipinski definition) is 7. The van der Waals surface area contributed by atoms with Gasteiger partial charge in [0.05, 0.1) is 17.6 Å². The van der Waals surface area contributed by atoms with Crippen LogP contribution in [0.3, 0.4) is 0 Å². The van der Waals surface area contributed by atoms with Crippen molar-refractivity contribution in [2.24, 2.45) is 5.10 Å². The van der Waals surface area contributed by atoms with Gasteiger partial charge in [-0.05, 0) is 24.4 Å². The van der Waals surface area contributed by atoms with E-state index in [1.165, 1.54) is 0 Å². The maximum absolute atomic E-state index is 5.52. The molecule has 4 rings (SSSR count). The first-order valence-electron chi connectivity index (χ1n) is 8.63. The van der Waals surface area contributed by atoms with Crippen molar-refractivity contribution in [3.05, 3.63) is 42.6 Å². The highest BCUT2D eigenvalue weighted by Crippen LogP contribution is 2.19. The summed E-state index contributed by atoms with van der Waals surface area (Å²) < 4.78 is 0. The van der Waals surface area contributed by atoms with Crippen LogP contribution in [0.4, 0.5) is 11.5 Å². The van der Waals surface area contributed by atoms with Crippen molar-refractivity contribution in [1.82, 2.24) is 25.3 Å². The number of fused-ring (bicyclic) bond motifs is 1. The van der Waals surface area contributed by atoms with Crippen molar-refractivity contribution >= 4 is 34.5 Å². The molecule has 0 spiro atoms. The molecule has 2 aliphatic rings.